The molecule has 1 aromatic heterocycles. The van der Waals surface area contributed by atoms with Crippen LogP contribution in [0.2, 0.25) is 5.02 Å². The number of rotatable bonds is 10. The fourth-order valence-corrected chi connectivity index (χ4v) is 5.00. The molecule has 1 amide bonds. The predicted octanol–water partition coefficient (Wildman–Crippen LogP) is 4.86. The van der Waals surface area contributed by atoms with Crippen LogP contribution in [0.5, 0.6) is 5.75 Å². The van der Waals surface area contributed by atoms with Crippen LogP contribution in [0.25, 0.3) is 11.3 Å². The first kappa shape index (κ1) is 27.4. The number of hydrogen-bond donors (Lipinski definition) is 1. The second kappa shape index (κ2) is 11.8. The summed E-state index contributed by atoms with van der Waals surface area (Å²) in [5.74, 6) is 0.510. The molecular formula is C26H21ClN4O7S. The molecule has 0 aliphatic carbocycles. The van der Waals surface area contributed by atoms with Crippen molar-refractivity contribution in [2.24, 2.45) is 5.10 Å². The quantitative estimate of drug-likeness (QED) is 0.163. The minimum Gasteiger partial charge on any atom is -0.497 e. The molecule has 0 fully saturated rings. The van der Waals surface area contributed by atoms with E-state index in [1.807, 2.05) is 0 Å². The number of halogens is 1. The molecule has 4 aromatic rings. The number of nitrogens with zero attached hydrogens (tertiary/aromatic N) is 3. The summed E-state index contributed by atoms with van der Waals surface area (Å²) in [4.78, 5) is 23.0. The predicted molar refractivity (Wildman–Crippen MR) is 146 cm³/mol. The third-order valence-corrected chi connectivity index (χ3v) is 7.46. The SMILES string of the molecule is COc1ccc(S(=O)(=O)N(CC(=O)N/N=C/c2ccc(-c3ccc([N+](=O)[O-])cc3)o2)c2ccc(Cl)cc2)cc1. The molecule has 0 saturated carbocycles. The Morgan fingerprint density at radius 2 is 1.72 bits per heavy atom. The van der Waals surface area contributed by atoms with Gasteiger partial charge in [0.15, 0.2) is 0 Å². The van der Waals surface area contributed by atoms with Crippen molar-refractivity contribution in [1.82, 2.24) is 5.43 Å². The van der Waals surface area contributed by atoms with Gasteiger partial charge in [-0.05, 0) is 72.8 Å². The Bertz CT molecular complexity index is 1600. The van der Waals surface area contributed by atoms with E-state index in [1.165, 1.54) is 74.0 Å². The molecule has 0 radical (unpaired) electrons. The van der Waals surface area contributed by atoms with Gasteiger partial charge in [-0.15, -0.1) is 0 Å². The number of nitro benzene ring substituents is 1. The molecule has 4 rings (SSSR count). The van der Waals surface area contributed by atoms with Gasteiger partial charge in [0.25, 0.3) is 21.6 Å². The number of sulfonamides is 1. The number of methoxy groups -OCH3 is 1. The second-order valence-electron chi connectivity index (χ2n) is 7.96. The van der Waals surface area contributed by atoms with E-state index >= 15 is 0 Å². The van der Waals surface area contributed by atoms with Gasteiger partial charge in [-0.3, -0.25) is 19.2 Å². The van der Waals surface area contributed by atoms with Crippen molar-refractivity contribution in [3.63, 3.8) is 0 Å². The van der Waals surface area contributed by atoms with Gasteiger partial charge < -0.3 is 9.15 Å². The molecule has 3 aromatic carbocycles. The fourth-order valence-electron chi connectivity index (χ4n) is 3.46. The number of amides is 1. The maximum atomic E-state index is 13.4. The molecule has 11 nitrogen and oxygen atoms in total. The lowest BCUT2D eigenvalue weighted by molar-refractivity contribution is -0.384. The van der Waals surface area contributed by atoms with E-state index in [1.54, 1.807) is 24.3 Å². The number of carbonyl (C=O) groups is 1. The Kier molecular flexibility index (Phi) is 8.27. The van der Waals surface area contributed by atoms with Crippen molar-refractivity contribution in [3.8, 4) is 17.1 Å². The minimum atomic E-state index is -4.14. The largest absolute Gasteiger partial charge is 0.497 e. The number of benzene rings is 3. The number of hydrazone groups is 1. The van der Waals surface area contributed by atoms with Crippen molar-refractivity contribution in [2.75, 3.05) is 18.0 Å². The van der Waals surface area contributed by atoms with Gasteiger partial charge in [-0.2, -0.15) is 5.10 Å². The standard InChI is InChI=1S/C26H21ClN4O7S/c1-37-22-10-13-24(14-11-22)39(35,36)30(20-8-4-19(27)5-9-20)17-26(32)29-28-16-23-12-15-25(38-23)18-2-6-21(7-3-18)31(33)34/h2-16H,17H2,1H3,(H,29,32)/b28-16+. The van der Waals surface area contributed by atoms with Gasteiger partial charge in [0.2, 0.25) is 0 Å². The van der Waals surface area contributed by atoms with Crippen LogP contribution in [0.4, 0.5) is 11.4 Å². The molecule has 0 aliphatic rings. The van der Waals surface area contributed by atoms with E-state index in [2.05, 4.69) is 10.5 Å². The molecule has 200 valence electrons. The van der Waals surface area contributed by atoms with E-state index in [0.717, 1.165) is 4.31 Å². The average Bonchev–Trinajstić information content (AvgIpc) is 3.41. The van der Waals surface area contributed by atoms with E-state index in [4.69, 9.17) is 20.8 Å². The van der Waals surface area contributed by atoms with Gasteiger partial charge in [0.1, 0.15) is 23.8 Å². The number of nitrogens with one attached hydrogen (secondary N) is 1. The monoisotopic (exact) mass is 568 g/mol. The van der Waals surface area contributed by atoms with Crippen molar-refractivity contribution >= 4 is 45.1 Å². The zero-order valence-electron chi connectivity index (χ0n) is 20.4. The van der Waals surface area contributed by atoms with Gasteiger partial charge in [0, 0.05) is 22.7 Å². The molecule has 1 heterocycles. The van der Waals surface area contributed by atoms with E-state index in [9.17, 15) is 23.3 Å². The first-order valence-corrected chi connectivity index (χ1v) is 13.1. The van der Waals surface area contributed by atoms with Crippen molar-refractivity contribution in [1.29, 1.82) is 0 Å². The van der Waals surface area contributed by atoms with Gasteiger partial charge in [0.05, 0.1) is 28.8 Å². The van der Waals surface area contributed by atoms with Crippen LogP contribution in [0.15, 0.2) is 99.3 Å². The van der Waals surface area contributed by atoms with Crippen LogP contribution < -0.4 is 14.5 Å². The summed E-state index contributed by atoms with van der Waals surface area (Å²) < 4.78 is 38.5. The average molecular weight is 569 g/mol. The normalized spacial score (nSPS) is 11.3. The third kappa shape index (κ3) is 6.61. The number of furan rings is 1. The number of hydrogen-bond acceptors (Lipinski definition) is 8. The Morgan fingerprint density at radius 1 is 1.05 bits per heavy atom. The topological polar surface area (TPSA) is 144 Å². The van der Waals surface area contributed by atoms with E-state index < -0.39 is 27.4 Å². The maximum absolute atomic E-state index is 13.4. The maximum Gasteiger partial charge on any atom is 0.269 e. The van der Waals surface area contributed by atoms with E-state index in [0.29, 0.717) is 27.9 Å². The molecule has 13 heteroatoms. The van der Waals surface area contributed by atoms with Crippen LogP contribution >= 0.6 is 11.6 Å². The molecular weight excluding hydrogens is 548 g/mol. The molecule has 0 saturated heterocycles. The smallest absolute Gasteiger partial charge is 0.269 e. The minimum absolute atomic E-state index is 0.0380. The number of ether oxygens (including phenoxy) is 1. The first-order valence-electron chi connectivity index (χ1n) is 11.3. The summed E-state index contributed by atoms with van der Waals surface area (Å²) >= 11 is 5.96. The highest BCUT2D eigenvalue weighted by Crippen LogP contribution is 2.27. The summed E-state index contributed by atoms with van der Waals surface area (Å²) in [5.41, 5.74) is 3.10. The number of nitro groups is 1. The van der Waals surface area contributed by atoms with Crippen LogP contribution in [0.3, 0.4) is 0 Å². The summed E-state index contributed by atoms with van der Waals surface area (Å²) in [6.07, 6.45) is 1.25. The highest BCUT2D eigenvalue weighted by atomic mass is 35.5. The van der Waals surface area contributed by atoms with Crippen LogP contribution in [0.1, 0.15) is 5.76 Å². The molecule has 0 atom stereocenters. The van der Waals surface area contributed by atoms with Crippen molar-refractivity contribution in [3.05, 3.63) is 106 Å². The lowest BCUT2D eigenvalue weighted by atomic mass is 10.1. The molecule has 39 heavy (non-hydrogen) atoms. The Hall–Kier alpha value is -4.68. The number of carbonyl (C=O) groups excluding carboxylic acids is 1. The third-order valence-electron chi connectivity index (χ3n) is 5.42. The number of non-ortho nitro benzene ring substituents is 1. The van der Waals surface area contributed by atoms with Crippen LogP contribution in [0, 0.1) is 10.1 Å². The molecule has 0 unspecified atom stereocenters. The zero-order valence-corrected chi connectivity index (χ0v) is 21.9. The van der Waals surface area contributed by atoms with E-state index in [-0.39, 0.29) is 16.3 Å². The van der Waals surface area contributed by atoms with Gasteiger partial charge >= 0.3 is 0 Å². The Balaban J connectivity index is 1.48. The lowest BCUT2D eigenvalue weighted by Gasteiger charge is -2.23. The fraction of sp³-hybridized carbons (Fsp3) is 0.0769. The Labute approximate surface area is 228 Å². The number of anilines is 1. The first-order chi connectivity index (χ1) is 18.7. The lowest BCUT2D eigenvalue weighted by Crippen LogP contribution is -2.39. The zero-order chi connectivity index (χ0) is 28.0. The summed E-state index contributed by atoms with van der Waals surface area (Å²) in [5, 5.41) is 15.1. The highest BCUT2D eigenvalue weighted by Gasteiger charge is 2.27. The molecule has 0 spiro atoms. The van der Waals surface area contributed by atoms with Crippen LogP contribution in [-0.4, -0.2) is 39.1 Å². The second-order valence-corrected chi connectivity index (χ2v) is 10.3. The van der Waals surface area contributed by atoms with Crippen molar-refractivity contribution in [2.45, 2.75) is 4.90 Å². The molecule has 0 aliphatic heterocycles. The Morgan fingerprint density at radius 3 is 2.33 bits per heavy atom. The highest BCUT2D eigenvalue weighted by molar-refractivity contribution is 7.92. The van der Waals surface area contributed by atoms with Crippen LogP contribution in [-0.2, 0) is 14.8 Å². The molecule has 1 N–H and O–H groups in total. The summed E-state index contributed by atoms with van der Waals surface area (Å²) in [7, 11) is -2.67. The van der Waals surface area contributed by atoms with Gasteiger partial charge in [-0.1, -0.05) is 11.6 Å². The van der Waals surface area contributed by atoms with Crippen molar-refractivity contribution < 1.29 is 27.3 Å². The summed E-state index contributed by atoms with van der Waals surface area (Å²) in [6, 6.07) is 20.8. The summed E-state index contributed by atoms with van der Waals surface area (Å²) in [6.45, 7) is -0.570. The van der Waals surface area contributed by atoms with Gasteiger partial charge in [-0.25, -0.2) is 13.8 Å². The molecule has 0 bridgehead atoms.